The molecule has 1 atom stereocenters. The Kier molecular flexibility index (Phi) is 7.44. The van der Waals surface area contributed by atoms with E-state index >= 15 is 0 Å². The van der Waals surface area contributed by atoms with E-state index in [1.807, 2.05) is 0 Å². The van der Waals surface area contributed by atoms with E-state index < -0.39 is 0 Å². The van der Waals surface area contributed by atoms with Crippen LogP contribution in [-0.2, 0) is 5.41 Å². The molecule has 2 aliphatic rings. The van der Waals surface area contributed by atoms with E-state index in [9.17, 15) is 0 Å². The van der Waals surface area contributed by atoms with Gasteiger partial charge in [0.05, 0.1) is 5.41 Å². The Morgan fingerprint density at radius 3 is 1.83 bits per heavy atom. The van der Waals surface area contributed by atoms with Crippen LogP contribution in [0.15, 0.2) is 206 Å². The summed E-state index contributed by atoms with van der Waals surface area (Å²) in [6.45, 7) is 2.08. The summed E-state index contributed by atoms with van der Waals surface area (Å²) in [6.07, 6.45) is 11.2. The predicted octanol–water partition coefficient (Wildman–Crippen LogP) is 13.7. The molecule has 0 aromatic heterocycles. The van der Waals surface area contributed by atoms with Crippen LogP contribution in [0.1, 0.15) is 51.8 Å². The van der Waals surface area contributed by atoms with Crippen molar-refractivity contribution in [1.82, 2.24) is 0 Å². The number of hydrogen-bond acceptors (Lipinski definition) is 0. The van der Waals surface area contributed by atoms with E-state index in [0.29, 0.717) is 0 Å². The van der Waals surface area contributed by atoms with Crippen molar-refractivity contribution in [1.29, 1.82) is 0 Å². The van der Waals surface area contributed by atoms with Gasteiger partial charge in [-0.2, -0.15) is 0 Å². The second-order valence-corrected chi connectivity index (χ2v) is 14.3. The largest absolute Gasteiger partial charge is 0.0876 e. The number of hydrogen-bond donors (Lipinski definition) is 0. The van der Waals surface area contributed by atoms with Gasteiger partial charge in [-0.1, -0.05) is 200 Å². The van der Waals surface area contributed by atoms with E-state index in [0.717, 1.165) is 0 Å². The molecule has 0 fully saturated rings. The van der Waals surface area contributed by atoms with Crippen molar-refractivity contribution in [3.05, 3.63) is 245 Å². The van der Waals surface area contributed by atoms with Crippen LogP contribution in [-0.4, -0.2) is 0 Å². The molecular weight excluding hydrogens is 637 g/mol. The highest BCUT2D eigenvalue weighted by molar-refractivity contribution is 6.17. The van der Waals surface area contributed by atoms with Gasteiger partial charge in [0, 0.05) is 5.92 Å². The van der Waals surface area contributed by atoms with Gasteiger partial charge in [0.1, 0.15) is 0 Å². The highest BCUT2D eigenvalue weighted by Crippen LogP contribution is 2.62. The van der Waals surface area contributed by atoms with Crippen LogP contribution < -0.4 is 0 Å². The van der Waals surface area contributed by atoms with Crippen molar-refractivity contribution in [3.63, 3.8) is 0 Å². The monoisotopic (exact) mass is 674 g/mol. The molecular formula is C53H38. The molecule has 53 heavy (non-hydrogen) atoms. The second-order valence-electron chi connectivity index (χ2n) is 14.3. The van der Waals surface area contributed by atoms with Crippen molar-refractivity contribution in [3.8, 4) is 22.3 Å². The maximum Gasteiger partial charge on any atom is 0.0725 e. The molecule has 0 heterocycles. The van der Waals surface area contributed by atoms with Crippen molar-refractivity contribution in [2.75, 3.05) is 0 Å². The molecule has 0 aliphatic heterocycles. The van der Waals surface area contributed by atoms with Gasteiger partial charge in [0.15, 0.2) is 0 Å². The quantitative estimate of drug-likeness (QED) is 0.117. The summed E-state index contributed by atoms with van der Waals surface area (Å²) in [6, 6.07) is 65.2. The fraction of sp³-hybridized carbons (Fsp3) is 0.0566. The highest BCUT2D eigenvalue weighted by Gasteiger charge is 2.50. The molecule has 0 heteroatoms. The minimum Gasteiger partial charge on any atom is -0.0876 e. The maximum atomic E-state index is 2.44. The molecule has 0 N–H and O–H groups in total. The molecule has 8 aromatic carbocycles. The summed E-state index contributed by atoms with van der Waals surface area (Å²) in [7, 11) is 0. The van der Waals surface area contributed by atoms with Gasteiger partial charge in [-0.25, -0.2) is 0 Å². The molecule has 0 amide bonds. The third-order valence-corrected chi connectivity index (χ3v) is 11.5. The molecule has 0 nitrogen and oxygen atoms in total. The lowest BCUT2D eigenvalue weighted by molar-refractivity contribution is 0.797. The van der Waals surface area contributed by atoms with Gasteiger partial charge in [-0.05, 0) is 101 Å². The third kappa shape index (κ3) is 4.83. The zero-order valence-corrected chi connectivity index (χ0v) is 29.7. The van der Waals surface area contributed by atoms with E-state index in [4.69, 9.17) is 0 Å². The first-order chi connectivity index (χ1) is 26.3. The van der Waals surface area contributed by atoms with Crippen molar-refractivity contribution in [2.24, 2.45) is 0 Å². The predicted molar refractivity (Wildman–Crippen MR) is 224 cm³/mol. The molecule has 0 saturated carbocycles. The fourth-order valence-electron chi connectivity index (χ4n) is 9.23. The topological polar surface area (TPSA) is 0 Å². The molecule has 2 aliphatic carbocycles. The zero-order valence-electron chi connectivity index (χ0n) is 29.7. The van der Waals surface area contributed by atoms with Crippen LogP contribution in [0.25, 0.3) is 49.4 Å². The van der Waals surface area contributed by atoms with E-state index in [2.05, 4.69) is 213 Å². The molecule has 1 unspecified atom stereocenters. The third-order valence-electron chi connectivity index (χ3n) is 11.5. The first-order valence-electron chi connectivity index (χ1n) is 18.7. The summed E-state index contributed by atoms with van der Waals surface area (Å²) in [5, 5.41) is 5.41. The summed E-state index contributed by atoms with van der Waals surface area (Å²) in [4.78, 5) is 0. The van der Waals surface area contributed by atoms with Gasteiger partial charge in [0.25, 0.3) is 0 Å². The maximum absolute atomic E-state index is 2.44. The SMILES string of the molecule is C/C=C/C=C(\C=C/C(c1ccccc1)c1cccc(-c2ccccc2)c1)c1ccc2c(c1)-c1ccccc1C21c2cccc3ccc4cccc1c4c23. The Morgan fingerprint density at radius 2 is 1.09 bits per heavy atom. The Hall–Kier alpha value is -6.50. The lowest BCUT2D eigenvalue weighted by Gasteiger charge is -2.31. The standard InChI is InChI=1S/C53H38/c1-2-3-15-37(30-32-44(38-18-8-5-9-19-38)43-23-12-22-41(34-43)36-16-6-4-7-17-36)42-31-33-48-46(35-42)45-24-10-11-25-47(45)53(48)49-26-13-20-39-28-29-40-21-14-27-50(53)52(40)51(39)49/h2-35,44H,1H3/b3-2+,32-30-,37-15+. The molecule has 0 radical (unpaired) electrons. The molecule has 1 spiro atoms. The van der Waals surface area contributed by atoms with Gasteiger partial charge < -0.3 is 0 Å². The Labute approximate surface area is 311 Å². The number of benzene rings is 8. The molecule has 250 valence electrons. The molecule has 10 rings (SSSR count). The minimum atomic E-state index is -0.349. The summed E-state index contributed by atoms with van der Waals surface area (Å²) >= 11 is 0. The lowest BCUT2D eigenvalue weighted by atomic mass is 9.70. The molecule has 0 saturated heterocycles. The van der Waals surface area contributed by atoms with Crippen molar-refractivity contribution < 1.29 is 0 Å². The Morgan fingerprint density at radius 1 is 0.491 bits per heavy atom. The van der Waals surface area contributed by atoms with Crippen LogP contribution in [0.3, 0.4) is 0 Å². The zero-order chi connectivity index (χ0) is 35.4. The normalized spacial score (nSPS) is 14.5. The van der Waals surface area contributed by atoms with Gasteiger partial charge in [-0.15, -0.1) is 0 Å². The Bertz CT molecular complexity index is 2710. The van der Waals surface area contributed by atoms with Crippen LogP contribution in [0.4, 0.5) is 0 Å². The smallest absolute Gasteiger partial charge is 0.0725 e. The number of fused-ring (bicyclic) bond motifs is 7. The van der Waals surface area contributed by atoms with Gasteiger partial charge >= 0.3 is 0 Å². The average molecular weight is 675 g/mol. The van der Waals surface area contributed by atoms with Crippen LogP contribution in [0.5, 0.6) is 0 Å². The number of rotatable bonds is 7. The lowest BCUT2D eigenvalue weighted by Crippen LogP contribution is -2.26. The minimum absolute atomic E-state index is 0.0882. The van der Waals surface area contributed by atoms with Crippen molar-refractivity contribution >= 4 is 27.1 Å². The average Bonchev–Trinajstić information content (AvgIpc) is 3.70. The first-order valence-corrected chi connectivity index (χ1v) is 18.7. The highest BCUT2D eigenvalue weighted by atomic mass is 14.5. The molecule has 8 aromatic rings. The van der Waals surface area contributed by atoms with E-state index in [1.54, 1.807) is 0 Å². The molecule has 0 bridgehead atoms. The van der Waals surface area contributed by atoms with Crippen LogP contribution in [0.2, 0.25) is 0 Å². The summed E-state index contributed by atoms with van der Waals surface area (Å²) in [5.41, 5.74) is 15.2. The second kappa shape index (κ2) is 12.6. The summed E-state index contributed by atoms with van der Waals surface area (Å²) in [5.74, 6) is 0.0882. The Balaban J connectivity index is 1.12. The van der Waals surface area contributed by atoms with E-state index in [1.165, 1.54) is 88.3 Å². The van der Waals surface area contributed by atoms with Crippen LogP contribution >= 0.6 is 0 Å². The van der Waals surface area contributed by atoms with E-state index in [-0.39, 0.29) is 11.3 Å². The van der Waals surface area contributed by atoms with Gasteiger partial charge in [-0.3, -0.25) is 0 Å². The first kappa shape index (κ1) is 31.3. The van der Waals surface area contributed by atoms with Gasteiger partial charge in [0.2, 0.25) is 0 Å². The fourth-order valence-corrected chi connectivity index (χ4v) is 9.23. The number of allylic oxidation sites excluding steroid dienone is 6. The van der Waals surface area contributed by atoms with Crippen molar-refractivity contribution in [2.45, 2.75) is 18.3 Å². The van der Waals surface area contributed by atoms with Crippen LogP contribution in [0, 0.1) is 0 Å². The summed E-state index contributed by atoms with van der Waals surface area (Å²) < 4.78 is 0.